The molecular formula is C10H18N4OS. The minimum absolute atomic E-state index is 0.453. The van der Waals surface area contributed by atoms with Gasteiger partial charge in [-0.3, -0.25) is 0 Å². The van der Waals surface area contributed by atoms with Crippen molar-refractivity contribution in [1.82, 2.24) is 14.8 Å². The molecule has 1 aromatic heterocycles. The Morgan fingerprint density at radius 3 is 3.06 bits per heavy atom. The van der Waals surface area contributed by atoms with Crippen molar-refractivity contribution in [3.8, 4) is 0 Å². The number of ether oxygens (including phenoxy) is 1. The second-order valence-electron chi connectivity index (χ2n) is 3.86. The Hall–Kier alpha value is -0.590. The van der Waals surface area contributed by atoms with Gasteiger partial charge in [-0.2, -0.15) is 0 Å². The third-order valence-corrected chi connectivity index (χ3v) is 3.80. The van der Waals surface area contributed by atoms with Gasteiger partial charge in [-0.1, -0.05) is 18.7 Å². The number of hydrogen-bond donors (Lipinski definition) is 1. The van der Waals surface area contributed by atoms with Crippen LogP contribution in [0.5, 0.6) is 0 Å². The first-order valence-corrected chi connectivity index (χ1v) is 6.59. The molecule has 1 unspecified atom stereocenters. The highest BCUT2D eigenvalue weighted by atomic mass is 32.2. The van der Waals surface area contributed by atoms with Gasteiger partial charge in [0.15, 0.2) is 5.16 Å². The van der Waals surface area contributed by atoms with Crippen LogP contribution >= 0.6 is 11.8 Å². The van der Waals surface area contributed by atoms with Gasteiger partial charge in [0.05, 0.1) is 13.2 Å². The molecule has 1 aliphatic rings. The third-order valence-electron chi connectivity index (χ3n) is 2.58. The molecule has 2 N–H and O–H groups in total. The molecule has 0 aliphatic carbocycles. The van der Waals surface area contributed by atoms with E-state index in [1.165, 1.54) is 0 Å². The highest BCUT2D eigenvalue weighted by Crippen LogP contribution is 2.27. The fourth-order valence-corrected chi connectivity index (χ4v) is 2.85. The maximum absolute atomic E-state index is 5.65. The minimum atomic E-state index is 0.453. The van der Waals surface area contributed by atoms with Crippen LogP contribution in [0.4, 0.5) is 0 Å². The number of thioether (sulfide) groups is 1. The van der Waals surface area contributed by atoms with Crippen LogP contribution in [-0.2, 0) is 17.8 Å². The molecular weight excluding hydrogens is 224 g/mol. The predicted molar refractivity (Wildman–Crippen MR) is 63.3 cm³/mol. The smallest absolute Gasteiger partial charge is 0.191 e. The van der Waals surface area contributed by atoms with Crippen LogP contribution in [-0.4, -0.2) is 33.2 Å². The molecule has 0 aromatic carbocycles. The number of rotatable bonds is 5. The van der Waals surface area contributed by atoms with E-state index in [2.05, 4.69) is 21.7 Å². The molecule has 2 heterocycles. The third kappa shape index (κ3) is 2.56. The Kier molecular flexibility index (Phi) is 4.20. The molecule has 0 spiro atoms. The van der Waals surface area contributed by atoms with Crippen molar-refractivity contribution in [1.29, 1.82) is 0 Å². The van der Waals surface area contributed by atoms with Gasteiger partial charge in [0, 0.05) is 18.4 Å². The standard InChI is InChI=1S/C10H18N4OS/c1-2-4-14-9(6-11)12-13-10(14)16-8-3-5-15-7-8/h8H,2-7,11H2,1H3. The summed E-state index contributed by atoms with van der Waals surface area (Å²) in [6.45, 7) is 5.22. The Morgan fingerprint density at radius 2 is 2.44 bits per heavy atom. The molecule has 0 bridgehead atoms. The summed E-state index contributed by atoms with van der Waals surface area (Å²) in [7, 11) is 0. The van der Waals surface area contributed by atoms with Gasteiger partial charge in [0.1, 0.15) is 5.82 Å². The first kappa shape index (κ1) is 11.9. The van der Waals surface area contributed by atoms with Crippen LogP contribution in [0.3, 0.4) is 0 Å². The molecule has 0 radical (unpaired) electrons. The monoisotopic (exact) mass is 242 g/mol. The quantitative estimate of drug-likeness (QED) is 0.835. The molecule has 6 heteroatoms. The Morgan fingerprint density at radius 1 is 1.56 bits per heavy atom. The number of nitrogens with zero attached hydrogens (tertiary/aromatic N) is 3. The number of nitrogens with two attached hydrogens (primary N) is 1. The number of hydrogen-bond acceptors (Lipinski definition) is 5. The van der Waals surface area contributed by atoms with Crippen LogP contribution in [0.25, 0.3) is 0 Å². The number of aromatic nitrogens is 3. The lowest BCUT2D eigenvalue weighted by Gasteiger charge is -2.09. The largest absolute Gasteiger partial charge is 0.380 e. The topological polar surface area (TPSA) is 66.0 Å². The molecule has 2 rings (SSSR count). The minimum Gasteiger partial charge on any atom is -0.380 e. The van der Waals surface area contributed by atoms with Gasteiger partial charge < -0.3 is 15.0 Å². The zero-order valence-corrected chi connectivity index (χ0v) is 10.4. The predicted octanol–water partition coefficient (Wildman–Crippen LogP) is 1.03. The Balaban J connectivity index is 2.09. The molecule has 1 aromatic rings. The fourth-order valence-electron chi connectivity index (χ4n) is 1.76. The summed E-state index contributed by atoms with van der Waals surface area (Å²) < 4.78 is 7.49. The van der Waals surface area contributed by atoms with Crippen molar-refractivity contribution in [3.63, 3.8) is 0 Å². The maximum Gasteiger partial charge on any atom is 0.191 e. The zero-order valence-electron chi connectivity index (χ0n) is 9.56. The van der Waals surface area contributed by atoms with E-state index in [0.29, 0.717) is 11.8 Å². The lowest BCUT2D eigenvalue weighted by molar-refractivity contribution is 0.199. The van der Waals surface area contributed by atoms with E-state index in [9.17, 15) is 0 Å². The summed E-state index contributed by atoms with van der Waals surface area (Å²) in [4.78, 5) is 0. The van der Waals surface area contributed by atoms with E-state index in [1.54, 1.807) is 11.8 Å². The average Bonchev–Trinajstić information content (AvgIpc) is 2.91. The van der Waals surface area contributed by atoms with E-state index >= 15 is 0 Å². The van der Waals surface area contributed by atoms with Crippen molar-refractivity contribution in [3.05, 3.63) is 5.82 Å². The molecule has 1 atom stereocenters. The zero-order chi connectivity index (χ0) is 11.4. The molecule has 5 nitrogen and oxygen atoms in total. The van der Waals surface area contributed by atoms with Gasteiger partial charge in [0.25, 0.3) is 0 Å². The van der Waals surface area contributed by atoms with Gasteiger partial charge in [-0.15, -0.1) is 10.2 Å². The SMILES string of the molecule is CCCn1c(CN)nnc1SC1CCOC1. The van der Waals surface area contributed by atoms with E-state index in [0.717, 1.165) is 43.6 Å². The highest BCUT2D eigenvalue weighted by Gasteiger charge is 2.20. The summed E-state index contributed by atoms with van der Waals surface area (Å²) in [5.41, 5.74) is 5.65. The van der Waals surface area contributed by atoms with Crippen LogP contribution in [0.1, 0.15) is 25.6 Å². The van der Waals surface area contributed by atoms with E-state index < -0.39 is 0 Å². The Bertz CT molecular complexity index is 336. The molecule has 0 saturated carbocycles. The van der Waals surface area contributed by atoms with Crippen LogP contribution in [0.2, 0.25) is 0 Å². The van der Waals surface area contributed by atoms with Gasteiger partial charge in [-0.25, -0.2) is 0 Å². The summed E-state index contributed by atoms with van der Waals surface area (Å²) in [5, 5.41) is 9.83. The lowest BCUT2D eigenvalue weighted by atomic mass is 10.4. The van der Waals surface area contributed by atoms with Crippen molar-refractivity contribution in [2.24, 2.45) is 5.73 Å². The molecule has 1 saturated heterocycles. The van der Waals surface area contributed by atoms with E-state index in [1.807, 2.05) is 0 Å². The first-order valence-electron chi connectivity index (χ1n) is 5.71. The molecule has 90 valence electrons. The second kappa shape index (κ2) is 5.65. The fraction of sp³-hybridized carbons (Fsp3) is 0.800. The van der Waals surface area contributed by atoms with Crippen molar-refractivity contribution >= 4 is 11.8 Å². The van der Waals surface area contributed by atoms with Crippen LogP contribution in [0.15, 0.2) is 5.16 Å². The molecule has 0 amide bonds. The average molecular weight is 242 g/mol. The van der Waals surface area contributed by atoms with E-state index in [4.69, 9.17) is 10.5 Å². The van der Waals surface area contributed by atoms with Crippen molar-refractivity contribution in [2.45, 2.75) is 43.3 Å². The molecule has 1 fully saturated rings. The van der Waals surface area contributed by atoms with Crippen molar-refractivity contribution < 1.29 is 4.74 Å². The summed E-state index contributed by atoms with van der Waals surface area (Å²) in [6, 6.07) is 0. The van der Waals surface area contributed by atoms with Gasteiger partial charge in [0.2, 0.25) is 0 Å². The molecule has 1 aliphatic heterocycles. The lowest BCUT2D eigenvalue weighted by Crippen LogP contribution is -2.10. The van der Waals surface area contributed by atoms with Crippen molar-refractivity contribution in [2.75, 3.05) is 13.2 Å². The molecule has 16 heavy (non-hydrogen) atoms. The second-order valence-corrected chi connectivity index (χ2v) is 5.13. The highest BCUT2D eigenvalue weighted by molar-refractivity contribution is 7.99. The normalized spacial score (nSPS) is 20.5. The Labute approximate surface area is 99.7 Å². The summed E-state index contributed by atoms with van der Waals surface area (Å²) >= 11 is 1.76. The van der Waals surface area contributed by atoms with Crippen LogP contribution in [0, 0.1) is 0 Å². The maximum atomic E-state index is 5.65. The summed E-state index contributed by atoms with van der Waals surface area (Å²) in [6.07, 6.45) is 2.17. The van der Waals surface area contributed by atoms with Gasteiger partial charge >= 0.3 is 0 Å². The van der Waals surface area contributed by atoms with Crippen LogP contribution < -0.4 is 5.73 Å². The van der Waals surface area contributed by atoms with Gasteiger partial charge in [-0.05, 0) is 12.8 Å². The van der Waals surface area contributed by atoms with E-state index in [-0.39, 0.29) is 0 Å². The summed E-state index contributed by atoms with van der Waals surface area (Å²) in [5.74, 6) is 0.878. The first-order chi connectivity index (χ1) is 7.85.